The largest absolute Gasteiger partial charge is 0.381 e. The van der Waals surface area contributed by atoms with Crippen molar-refractivity contribution in [1.29, 1.82) is 0 Å². The number of nitrogens with zero attached hydrogens (tertiary/aromatic N) is 3. The lowest BCUT2D eigenvalue weighted by Crippen LogP contribution is -2.55. The van der Waals surface area contributed by atoms with Gasteiger partial charge in [0.1, 0.15) is 0 Å². The molecular weight excluding hydrogens is 306 g/mol. The molecule has 2 aliphatic rings. The van der Waals surface area contributed by atoms with Crippen LogP contribution in [-0.4, -0.2) is 65.0 Å². The summed E-state index contributed by atoms with van der Waals surface area (Å²) in [6, 6.07) is 3.90. The van der Waals surface area contributed by atoms with Gasteiger partial charge in [-0.15, -0.1) is 0 Å². The van der Waals surface area contributed by atoms with Crippen LogP contribution in [0, 0.1) is 0 Å². The molecule has 0 N–H and O–H groups in total. The Kier molecular flexibility index (Phi) is 5.45. The van der Waals surface area contributed by atoms with Crippen molar-refractivity contribution in [3.05, 3.63) is 30.1 Å². The molecule has 1 atom stereocenters. The second-order valence-electron chi connectivity index (χ2n) is 6.56. The standard InChI is InChI=1S/C18H25N3O3/c1-14(22)21(16-6-10-24-11-7-16)17-5-3-9-20(13-17)18(23)15-4-2-8-19-12-15/h2,4,8,12,16-17H,3,5-7,9-11,13H2,1H3. The molecule has 0 bridgehead atoms. The maximum Gasteiger partial charge on any atom is 0.255 e. The number of pyridine rings is 1. The van der Waals surface area contributed by atoms with Crippen LogP contribution in [0.5, 0.6) is 0 Å². The molecule has 6 heteroatoms. The van der Waals surface area contributed by atoms with E-state index in [1.54, 1.807) is 31.5 Å². The zero-order valence-corrected chi connectivity index (χ0v) is 14.2. The fraction of sp³-hybridized carbons (Fsp3) is 0.611. The summed E-state index contributed by atoms with van der Waals surface area (Å²) in [5.41, 5.74) is 0.610. The molecule has 2 fully saturated rings. The third-order valence-corrected chi connectivity index (χ3v) is 4.93. The summed E-state index contributed by atoms with van der Waals surface area (Å²) < 4.78 is 5.42. The number of hydrogen-bond donors (Lipinski definition) is 0. The summed E-state index contributed by atoms with van der Waals surface area (Å²) in [6.07, 6.45) is 6.91. The van der Waals surface area contributed by atoms with Gasteiger partial charge < -0.3 is 14.5 Å². The molecule has 2 amide bonds. The summed E-state index contributed by atoms with van der Waals surface area (Å²) in [4.78, 5) is 32.8. The highest BCUT2D eigenvalue weighted by Crippen LogP contribution is 2.24. The SMILES string of the molecule is CC(=O)N(C1CCOCC1)C1CCCN(C(=O)c2cccnc2)C1. The normalized spacial score (nSPS) is 22.2. The molecule has 0 saturated carbocycles. The van der Waals surface area contributed by atoms with Gasteiger partial charge in [0.25, 0.3) is 5.91 Å². The first-order chi connectivity index (χ1) is 11.7. The lowest BCUT2D eigenvalue weighted by molar-refractivity contribution is -0.137. The monoisotopic (exact) mass is 331 g/mol. The van der Waals surface area contributed by atoms with Gasteiger partial charge in [0, 0.05) is 57.7 Å². The molecule has 130 valence electrons. The molecule has 2 aliphatic heterocycles. The van der Waals surface area contributed by atoms with Gasteiger partial charge >= 0.3 is 0 Å². The van der Waals surface area contributed by atoms with E-state index in [4.69, 9.17) is 4.74 Å². The number of ether oxygens (including phenoxy) is 1. The zero-order chi connectivity index (χ0) is 16.9. The summed E-state index contributed by atoms with van der Waals surface area (Å²) in [5, 5.41) is 0. The molecule has 3 heterocycles. The fourth-order valence-corrected chi connectivity index (χ4v) is 3.81. The van der Waals surface area contributed by atoms with Crippen LogP contribution in [0.1, 0.15) is 43.0 Å². The maximum atomic E-state index is 12.7. The molecule has 24 heavy (non-hydrogen) atoms. The molecule has 1 aromatic rings. The molecule has 6 nitrogen and oxygen atoms in total. The Morgan fingerprint density at radius 2 is 2.04 bits per heavy atom. The van der Waals surface area contributed by atoms with Crippen LogP contribution in [0.4, 0.5) is 0 Å². The first-order valence-electron chi connectivity index (χ1n) is 8.73. The number of piperidine rings is 1. The van der Waals surface area contributed by atoms with Gasteiger partial charge in [-0.25, -0.2) is 0 Å². The van der Waals surface area contributed by atoms with Crippen molar-refractivity contribution < 1.29 is 14.3 Å². The van der Waals surface area contributed by atoms with Crippen LogP contribution >= 0.6 is 0 Å². The molecule has 0 spiro atoms. The lowest BCUT2D eigenvalue weighted by Gasteiger charge is -2.43. The van der Waals surface area contributed by atoms with E-state index in [0.717, 1.165) is 32.2 Å². The van der Waals surface area contributed by atoms with Gasteiger partial charge in [-0.05, 0) is 37.8 Å². The summed E-state index contributed by atoms with van der Waals surface area (Å²) in [5.74, 6) is 0.103. The Labute approximate surface area is 142 Å². The Morgan fingerprint density at radius 3 is 2.71 bits per heavy atom. The number of carbonyl (C=O) groups is 2. The smallest absolute Gasteiger partial charge is 0.255 e. The Balaban J connectivity index is 1.71. The molecule has 0 radical (unpaired) electrons. The molecule has 3 rings (SSSR count). The van der Waals surface area contributed by atoms with Crippen molar-refractivity contribution in [3.63, 3.8) is 0 Å². The van der Waals surface area contributed by atoms with E-state index in [1.165, 1.54) is 0 Å². The quantitative estimate of drug-likeness (QED) is 0.846. The average Bonchev–Trinajstić information content (AvgIpc) is 2.63. The van der Waals surface area contributed by atoms with Crippen molar-refractivity contribution in [3.8, 4) is 0 Å². The highest BCUT2D eigenvalue weighted by molar-refractivity contribution is 5.94. The van der Waals surface area contributed by atoms with Crippen molar-refractivity contribution in [1.82, 2.24) is 14.8 Å². The van der Waals surface area contributed by atoms with E-state index in [-0.39, 0.29) is 23.9 Å². The van der Waals surface area contributed by atoms with Crippen LogP contribution in [0.15, 0.2) is 24.5 Å². The topological polar surface area (TPSA) is 62.7 Å². The second kappa shape index (κ2) is 7.75. The molecule has 0 aromatic carbocycles. The van der Waals surface area contributed by atoms with Gasteiger partial charge in [0.2, 0.25) is 5.91 Å². The molecule has 1 unspecified atom stereocenters. The van der Waals surface area contributed by atoms with Crippen molar-refractivity contribution >= 4 is 11.8 Å². The maximum absolute atomic E-state index is 12.7. The summed E-state index contributed by atoms with van der Waals surface area (Å²) in [6.45, 7) is 4.39. The summed E-state index contributed by atoms with van der Waals surface area (Å²) in [7, 11) is 0. The number of carbonyl (C=O) groups excluding carboxylic acids is 2. The van der Waals surface area contributed by atoms with E-state index in [0.29, 0.717) is 25.3 Å². The van der Waals surface area contributed by atoms with E-state index in [9.17, 15) is 9.59 Å². The third kappa shape index (κ3) is 3.75. The number of rotatable bonds is 3. The van der Waals surface area contributed by atoms with Gasteiger partial charge in [-0.1, -0.05) is 0 Å². The third-order valence-electron chi connectivity index (χ3n) is 4.93. The second-order valence-corrected chi connectivity index (χ2v) is 6.56. The minimum atomic E-state index is 0.00304. The lowest BCUT2D eigenvalue weighted by atomic mass is 9.98. The van der Waals surface area contributed by atoms with Crippen LogP contribution in [0.25, 0.3) is 0 Å². The van der Waals surface area contributed by atoms with E-state index in [2.05, 4.69) is 4.98 Å². The molecule has 2 saturated heterocycles. The van der Waals surface area contributed by atoms with Gasteiger partial charge in [-0.2, -0.15) is 0 Å². The van der Waals surface area contributed by atoms with Crippen molar-refractivity contribution in [2.24, 2.45) is 0 Å². The van der Waals surface area contributed by atoms with E-state index in [1.807, 2.05) is 9.80 Å². The molecule has 0 aliphatic carbocycles. The van der Waals surface area contributed by atoms with Crippen LogP contribution in [-0.2, 0) is 9.53 Å². The molecule has 1 aromatic heterocycles. The Bertz CT molecular complexity index is 572. The first kappa shape index (κ1) is 16.9. The van der Waals surface area contributed by atoms with Crippen molar-refractivity contribution in [2.45, 2.75) is 44.7 Å². The number of amides is 2. The predicted molar refractivity (Wildman–Crippen MR) is 89.5 cm³/mol. The van der Waals surface area contributed by atoms with Crippen LogP contribution in [0.2, 0.25) is 0 Å². The number of hydrogen-bond acceptors (Lipinski definition) is 4. The summed E-state index contributed by atoms with van der Waals surface area (Å²) >= 11 is 0. The Hall–Kier alpha value is -1.95. The first-order valence-corrected chi connectivity index (χ1v) is 8.73. The van der Waals surface area contributed by atoms with E-state index >= 15 is 0 Å². The molecular formula is C18H25N3O3. The van der Waals surface area contributed by atoms with E-state index < -0.39 is 0 Å². The number of likely N-dealkylation sites (tertiary alicyclic amines) is 1. The minimum Gasteiger partial charge on any atom is -0.381 e. The van der Waals surface area contributed by atoms with Gasteiger partial charge in [-0.3, -0.25) is 14.6 Å². The average molecular weight is 331 g/mol. The van der Waals surface area contributed by atoms with Gasteiger partial charge in [0.05, 0.1) is 5.56 Å². The van der Waals surface area contributed by atoms with Crippen molar-refractivity contribution in [2.75, 3.05) is 26.3 Å². The highest BCUT2D eigenvalue weighted by atomic mass is 16.5. The van der Waals surface area contributed by atoms with Crippen LogP contribution < -0.4 is 0 Å². The highest BCUT2D eigenvalue weighted by Gasteiger charge is 2.34. The van der Waals surface area contributed by atoms with Gasteiger partial charge in [0.15, 0.2) is 0 Å². The predicted octanol–water partition coefficient (Wildman–Crippen LogP) is 1.71. The fourth-order valence-electron chi connectivity index (χ4n) is 3.81. The minimum absolute atomic E-state index is 0.00304. The van der Waals surface area contributed by atoms with Crippen LogP contribution in [0.3, 0.4) is 0 Å². The zero-order valence-electron chi connectivity index (χ0n) is 14.2. The Morgan fingerprint density at radius 1 is 1.25 bits per heavy atom. The number of aromatic nitrogens is 1.